The molecule has 1 fully saturated rings. The van der Waals surface area contributed by atoms with Gasteiger partial charge in [-0.05, 0) is 36.8 Å². The quantitative estimate of drug-likeness (QED) is 0.918. The fraction of sp³-hybridized carbons (Fsp3) is 0.500. The zero-order chi connectivity index (χ0) is 15.3. The van der Waals surface area contributed by atoms with E-state index in [1.54, 1.807) is 12.1 Å². The molecule has 3 unspecified atom stereocenters. The summed E-state index contributed by atoms with van der Waals surface area (Å²) in [6.07, 6.45) is 6.76. The summed E-state index contributed by atoms with van der Waals surface area (Å²) < 4.78 is 31.0. The summed E-state index contributed by atoms with van der Waals surface area (Å²) in [6, 6.07) is 3.17. The molecule has 2 aromatic heterocycles. The van der Waals surface area contributed by atoms with E-state index >= 15 is 0 Å². The zero-order valence-electron chi connectivity index (χ0n) is 11.8. The smallest absolute Gasteiger partial charge is 0.250 e. The Hall–Kier alpha value is -0.890. The zero-order valence-corrected chi connectivity index (χ0v) is 14.2. The minimum atomic E-state index is -3.50. The van der Waals surface area contributed by atoms with Gasteiger partial charge in [0.15, 0.2) is 0 Å². The monoisotopic (exact) mass is 357 g/mol. The summed E-state index contributed by atoms with van der Waals surface area (Å²) in [5.74, 6) is 1.71. The molecule has 0 radical (unpaired) electrons. The first-order chi connectivity index (χ1) is 10.5. The van der Waals surface area contributed by atoms with Crippen LogP contribution in [0.15, 0.2) is 28.7 Å². The van der Waals surface area contributed by atoms with Crippen molar-refractivity contribution in [1.82, 2.24) is 14.3 Å². The van der Waals surface area contributed by atoms with Gasteiger partial charge in [-0.2, -0.15) is 0 Å². The molecule has 1 aliphatic heterocycles. The first-order valence-electron chi connectivity index (χ1n) is 7.30. The second-order valence-electron chi connectivity index (χ2n) is 6.00. The molecule has 1 N–H and O–H groups in total. The summed E-state index contributed by atoms with van der Waals surface area (Å²) in [5.41, 5.74) is 0. The number of nitrogens with one attached hydrogen (secondary N) is 1. The minimum absolute atomic E-state index is 0.0208. The van der Waals surface area contributed by atoms with Gasteiger partial charge in [-0.25, -0.2) is 18.1 Å². The van der Waals surface area contributed by atoms with Crippen LogP contribution in [0.2, 0.25) is 4.34 Å². The molecule has 4 rings (SSSR count). The van der Waals surface area contributed by atoms with Crippen LogP contribution in [-0.4, -0.2) is 24.0 Å². The van der Waals surface area contributed by atoms with E-state index in [0.29, 0.717) is 20.4 Å². The van der Waals surface area contributed by atoms with Gasteiger partial charge in [0.25, 0.3) is 0 Å². The van der Waals surface area contributed by atoms with Crippen LogP contribution in [0.4, 0.5) is 0 Å². The average molecular weight is 358 g/mol. The van der Waals surface area contributed by atoms with E-state index in [1.165, 1.54) is 0 Å². The summed E-state index contributed by atoms with van der Waals surface area (Å²) >= 11 is 6.96. The lowest BCUT2D eigenvalue weighted by Gasteiger charge is -2.22. The lowest BCUT2D eigenvalue weighted by Crippen LogP contribution is -2.41. The van der Waals surface area contributed by atoms with E-state index in [4.69, 9.17) is 11.6 Å². The highest BCUT2D eigenvalue weighted by Crippen LogP contribution is 2.38. The second-order valence-corrected chi connectivity index (χ2v) is 9.66. The lowest BCUT2D eigenvalue weighted by atomic mass is 9.97. The number of thiophene rings is 1. The molecule has 22 heavy (non-hydrogen) atoms. The van der Waals surface area contributed by atoms with Crippen LogP contribution in [0.25, 0.3) is 0 Å². The van der Waals surface area contributed by atoms with Gasteiger partial charge in [0.05, 0.1) is 4.34 Å². The van der Waals surface area contributed by atoms with Gasteiger partial charge < -0.3 is 4.57 Å². The van der Waals surface area contributed by atoms with E-state index in [1.807, 2.05) is 12.4 Å². The fourth-order valence-electron chi connectivity index (χ4n) is 3.66. The Morgan fingerprint density at radius 2 is 2.14 bits per heavy atom. The summed E-state index contributed by atoms with van der Waals surface area (Å²) in [5, 5.41) is 0. The molecular formula is C14H16ClN3O2S2. The van der Waals surface area contributed by atoms with Gasteiger partial charge in [0.2, 0.25) is 10.0 Å². The van der Waals surface area contributed by atoms with E-state index in [0.717, 1.165) is 43.0 Å². The molecule has 2 bridgehead atoms. The third-order valence-corrected chi connectivity index (χ3v) is 7.89. The molecule has 2 aromatic rings. The Balaban J connectivity index is 1.60. The normalized spacial score (nSPS) is 27.6. The van der Waals surface area contributed by atoms with Crippen molar-refractivity contribution in [3.8, 4) is 0 Å². The number of nitrogens with zero attached hydrogens (tertiary/aromatic N) is 2. The second kappa shape index (κ2) is 5.33. The van der Waals surface area contributed by atoms with E-state index in [-0.39, 0.29) is 6.04 Å². The van der Waals surface area contributed by atoms with Crippen LogP contribution in [0, 0.1) is 11.8 Å². The van der Waals surface area contributed by atoms with Crippen LogP contribution in [-0.2, 0) is 23.0 Å². The van der Waals surface area contributed by atoms with Gasteiger partial charge in [0, 0.05) is 31.4 Å². The minimum Gasteiger partial charge on any atom is -0.335 e. The third-order valence-electron chi connectivity index (χ3n) is 4.71. The predicted molar refractivity (Wildman–Crippen MR) is 85.6 cm³/mol. The highest BCUT2D eigenvalue weighted by Gasteiger charge is 2.41. The van der Waals surface area contributed by atoms with Gasteiger partial charge in [-0.1, -0.05) is 11.6 Å². The van der Waals surface area contributed by atoms with Crippen molar-refractivity contribution in [2.24, 2.45) is 11.8 Å². The fourth-order valence-corrected chi connectivity index (χ4v) is 6.53. The van der Waals surface area contributed by atoms with Crippen LogP contribution in [0.1, 0.15) is 18.7 Å². The van der Waals surface area contributed by atoms with Gasteiger partial charge in [-0.15, -0.1) is 11.3 Å². The van der Waals surface area contributed by atoms with Crippen molar-refractivity contribution in [3.05, 3.63) is 34.7 Å². The number of hydrogen-bond donors (Lipinski definition) is 1. The van der Waals surface area contributed by atoms with E-state index in [2.05, 4.69) is 14.3 Å². The largest absolute Gasteiger partial charge is 0.335 e. The van der Waals surface area contributed by atoms with Crippen molar-refractivity contribution in [2.75, 3.05) is 0 Å². The number of rotatable bonds is 3. The molecule has 8 heteroatoms. The maximum absolute atomic E-state index is 12.6. The number of fused-ring (bicyclic) bond motifs is 3. The Kier molecular flexibility index (Phi) is 3.56. The van der Waals surface area contributed by atoms with E-state index < -0.39 is 10.0 Å². The van der Waals surface area contributed by atoms with Crippen LogP contribution >= 0.6 is 22.9 Å². The highest BCUT2D eigenvalue weighted by molar-refractivity contribution is 7.91. The highest BCUT2D eigenvalue weighted by atomic mass is 35.5. The lowest BCUT2D eigenvalue weighted by molar-refractivity contribution is 0.368. The first kappa shape index (κ1) is 14.7. The number of sulfonamides is 1. The van der Waals surface area contributed by atoms with E-state index in [9.17, 15) is 8.42 Å². The first-order valence-corrected chi connectivity index (χ1v) is 9.98. The number of imidazole rings is 1. The Bertz CT molecular complexity index is 770. The Morgan fingerprint density at radius 3 is 2.91 bits per heavy atom. The van der Waals surface area contributed by atoms with Gasteiger partial charge >= 0.3 is 0 Å². The number of halogens is 1. The summed E-state index contributed by atoms with van der Waals surface area (Å²) in [7, 11) is -3.50. The molecule has 5 nitrogen and oxygen atoms in total. The van der Waals surface area contributed by atoms with Crippen LogP contribution in [0.5, 0.6) is 0 Å². The maximum atomic E-state index is 12.6. The van der Waals surface area contributed by atoms with Crippen molar-refractivity contribution < 1.29 is 8.42 Å². The SMILES string of the molecule is O=S(=O)(NC1C2CCC1Cn1ccnc1C2)c1ccc(Cl)s1. The topological polar surface area (TPSA) is 64.0 Å². The standard InChI is InChI=1S/C14H16ClN3O2S2/c15-11-3-4-13(21-11)22(19,20)17-14-9-1-2-10(14)8-18-6-5-16-12(18)7-9/h3-6,9-10,14,17H,1-2,7-8H2. The molecule has 3 heterocycles. The molecule has 3 atom stereocenters. The summed E-state index contributed by atoms with van der Waals surface area (Å²) in [6.45, 7) is 0.838. The predicted octanol–water partition coefficient (Wildman–Crippen LogP) is 2.53. The number of hydrogen-bond acceptors (Lipinski definition) is 4. The molecule has 1 aliphatic carbocycles. The molecule has 2 aliphatic rings. The molecule has 1 saturated carbocycles. The molecule has 0 spiro atoms. The van der Waals surface area contributed by atoms with Crippen molar-refractivity contribution in [2.45, 2.75) is 36.1 Å². The van der Waals surface area contributed by atoms with Crippen LogP contribution in [0.3, 0.4) is 0 Å². The average Bonchev–Trinajstić information content (AvgIpc) is 3.12. The van der Waals surface area contributed by atoms with Crippen molar-refractivity contribution in [1.29, 1.82) is 0 Å². The molecule has 0 amide bonds. The van der Waals surface area contributed by atoms with Crippen molar-refractivity contribution >= 4 is 33.0 Å². The summed E-state index contributed by atoms with van der Waals surface area (Å²) in [4.78, 5) is 4.40. The maximum Gasteiger partial charge on any atom is 0.250 e. The van der Waals surface area contributed by atoms with Crippen LogP contribution < -0.4 is 4.72 Å². The molecule has 0 aromatic carbocycles. The molecule has 118 valence electrons. The Morgan fingerprint density at radius 1 is 1.32 bits per heavy atom. The Labute approximate surface area is 138 Å². The van der Waals surface area contributed by atoms with Gasteiger partial charge in [0.1, 0.15) is 10.0 Å². The molecule has 0 saturated heterocycles. The number of aromatic nitrogens is 2. The van der Waals surface area contributed by atoms with Gasteiger partial charge in [-0.3, -0.25) is 0 Å². The van der Waals surface area contributed by atoms with Crippen molar-refractivity contribution in [3.63, 3.8) is 0 Å². The third kappa shape index (κ3) is 2.50. The molecular weight excluding hydrogens is 342 g/mol.